The van der Waals surface area contributed by atoms with Gasteiger partial charge in [0.1, 0.15) is 11.6 Å². The standard InChI is InChI=1S/C20H11Cl4N3O2/c21-12-6-4-10(8-15(12)24)25-20(28)29-11-5-7-16-17(9-11)27-19(26-16)18-13(22)2-1-3-14(18)23/h1-9H,(H,25,28)(H,26,27). The molecular formula is C20H11Cl4N3O2. The highest BCUT2D eigenvalue weighted by Crippen LogP contribution is 2.34. The number of nitrogens with zero attached hydrogens (tertiary/aromatic N) is 1. The fourth-order valence-corrected chi connectivity index (χ4v) is 3.59. The van der Waals surface area contributed by atoms with Crippen LogP contribution in [-0.2, 0) is 0 Å². The van der Waals surface area contributed by atoms with Crippen molar-refractivity contribution in [2.24, 2.45) is 0 Å². The molecular weight excluding hydrogens is 456 g/mol. The van der Waals surface area contributed by atoms with E-state index in [0.29, 0.717) is 53.9 Å². The maximum atomic E-state index is 12.2. The molecule has 9 heteroatoms. The quantitative estimate of drug-likeness (QED) is 0.329. The molecule has 1 heterocycles. The number of nitrogens with one attached hydrogen (secondary N) is 2. The SMILES string of the molecule is O=C(Nc1ccc(Cl)c(Cl)c1)Oc1ccc2nc(-c3c(Cl)cccc3Cl)[nH]c2c1. The van der Waals surface area contributed by atoms with Gasteiger partial charge in [0.2, 0.25) is 0 Å². The number of hydrogen-bond donors (Lipinski definition) is 2. The van der Waals surface area contributed by atoms with Crippen molar-refractivity contribution in [3.8, 4) is 17.1 Å². The van der Waals surface area contributed by atoms with Gasteiger partial charge in [-0.05, 0) is 42.5 Å². The van der Waals surface area contributed by atoms with Gasteiger partial charge in [-0.15, -0.1) is 0 Å². The Morgan fingerprint density at radius 2 is 1.66 bits per heavy atom. The van der Waals surface area contributed by atoms with E-state index >= 15 is 0 Å². The lowest BCUT2D eigenvalue weighted by Gasteiger charge is -2.07. The van der Waals surface area contributed by atoms with E-state index in [2.05, 4.69) is 15.3 Å². The van der Waals surface area contributed by atoms with Crippen molar-refractivity contribution in [1.82, 2.24) is 9.97 Å². The molecule has 0 atom stereocenters. The average molecular weight is 467 g/mol. The second-order valence-electron chi connectivity index (χ2n) is 6.00. The van der Waals surface area contributed by atoms with Gasteiger partial charge in [0.05, 0.1) is 36.7 Å². The summed E-state index contributed by atoms with van der Waals surface area (Å²) in [4.78, 5) is 19.8. The van der Waals surface area contributed by atoms with Crippen molar-refractivity contribution in [3.63, 3.8) is 0 Å². The van der Waals surface area contributed by atoms with Crippen LogP contribution < -0.4 is 10.1 Å². The minimum Gasteiger partial charge on any atom is -0.410 e. The van der Waals surface area contributed by atoms with Gasteiger partial charge in [-0.25, -0.2) is 9.78 Å². The number of halogens is 4. The Kier molecular flexibility index (Phi) is 5.56. The van der Waals surface area contributed by atoms with Gasteiger partial charge in [-0.3, -0.25) is 5.32 Å². The van der Waals surface area contributed by atoms with Crippen LogP contribution in [-0.4, -0.2) is 16.1 Å². The molecule has 0 saturated carbocycles. The third-order valence-corrected chi connectivity index (χ3v) is 5.40. The van der Waals surface area contributed by atoms with Crippen molar-refractivity contribution in [2.75, 3.05) is 5.32 Å². The zero-order valence-electron chi connectivity index (χ0n) is 14.5. The van der Waals surface area contributed by atoms with Gasteiger partial charge >= 0.3 is 6.09 Å². The minimum absolute atomic E-state index is 0.328. The van der Waals surface area contributed by atoms with Crippen molar-refractivity contribution in [2.45, 2.75) is 0 Å². The first kappa shape index (κ1) is 19.9. The summed E-state index contributed by atoms with van der Waals surface area (Å²) in [5.41, 5.74) is 2.40. The predicted molar refractivity (Wildman–Crippen MR) is 118 cm³/mol. The van der Waals surface area contributed by atoms with Crippen LogP contribution in [0.2, 0.25) is 20.1 Å². The van der Waals surface area contributed by atoms with Crippen LogP contribution in [0.3, 0.4) is 0 Å². The number of fused-ring (bicyclic) bond motifs is 1. The highest BCUT2D eigenvalue weighted by Gasteiger charge is 2.14. The summed E-state index contributed by atoms with van der Waals surface area (Å²) in [6, 6.07) is 15.0. The Bertz CT molecular complexity index is 1220. The summed E-state index contributed by atoms with van der Waals surface area (Å²) in [6.07, 6.45) is -0.670. The van der Waals surface area contributed by atoms with E-state index in [1.807, 2.05) is 0 Å². The maximum absolute atomic E-state index is 12.2. The van der Waals surface area contributed by atoms with Crippen LogP contribution >= 0.6 is 46.4 Å². The van der Waals surface area contributed by atoms with E-state index in [1.165, 1.54) is 6.07 Å². The molecule has 0 aliphatic rings. The lowest BCUT2D eigenvalue weighted by molar-refractivity contribution is 0.215. The predicted octanol–water partition coefficient (Wildman–Crippen LogP) is 7.45. The number of rotatable bonds is 3. The van der Waals surface area contributed by atoms with Gasteiger partial charge in [0, 0.05) is 11.8 Å². The van der Waals surface area contributed by atoms with E-state index in [4.69, 9.17) is 51.1 Å². The fourth-order valence-electron chi connectivity index (χ4n) is 2.72. The van der Waals surface area contributed by atoms with Gasteiger partial charge in [0.15, 0.2) is 0 Å². The number of aromatic nitrogens is 2. The van der Waals surface area contributed by atoms with E-state index < -0.39 is 6.09 Å². The molecule has 0 aliphatic carbocycles. The highest BCUT2D eigenvalue weighted by atomic mass is 35.5. The molecule has 1 amide bonds. The summed E-state index contributed by atoms with van der Waals surface area (Å²) >= 11 is 24.3. The molecule has 146 valence electrons. The second kappa shape index (κ2) is 8.13. The topological polar surface area (TPSA) is 67.0 Å². The van der Waals surface area contributed by atoms with E-state index in [-0.39, 0.29) is 0 Å². The van der Waals surface area contributed by atoms with Gasteiger partial charge in [0.25, 0.3) is 0 Å². The number of amides is 1. The summed E-state index contributed by atoms with van der Waals surface area (Å²) < 4.78 is 5.33. The molecule has 0 spiro atoms. The molecule has 0 saturated heterocycles. The molecule has 1 aromatic heterocycles. The Labute approximate surface area is 185 Å². The molecule has 2 N–H and O–H groups in total. The number of aromatic amines is 1. The normalized spacial score (nSPS) is 10.9. The Hall–Kier alpha value is -2.44. The van der Waals surface area contributed by atoms with Crippen molar-refractivity contribution < 1.29 is 9.53 Å². The third-order valence-electron chi connectivity index (χ3n) is 4.03. The zero-order valence-corrected chi connectivity index (χ0v) is 17.5. The first-order chi connectivity index (χ1) is 13.9. The van der Waals surface area contributed by atoms with Crippen LogP contribution in [0.4, 0.5) is 10.5 Å². The number of carbonyl (C=O) groups excluding carboxylic acids is 1. The minimum atomic E-state index is -0.670. The third kappa shape index (κ3) is 4.28. The molecule has 4 rings (SSSR count). The first-order valence-electron chi connectivity index (χ1n) is 8.29. The smallest absolute Gasteiger partial charge is 0.410 e. The average Bonchev–Trinajstić information content (AvgIpc) is 3.07. The maximum Gasteiger partial charge on any atom is 0.417 e. The van der Waals surface area contributed by atoms with Crippen LogP contribution in [0.25, 0.3) is 22.4 Å². The lowest BCUT2D eigenvalue weighted by atomic mass is 10.2. The molecule has 29 heavy (non-hydrogen) atoms. The van der Waals surface area contributed by atoms with Crippen molar-refractivity contribution in [1.29, 1.82) is 0 Å². The number of imidazole rings is 1. The number of benzene rings is 3. The Balaban J connectivity index is 1.56. The molecule has 0 aliphatic heterocycles. The van der Waals surface area contributed by atoms with Crippen LogP contribution in [0.1, 0.15) is 0 Å². The highest BCUT2D eigenvalue weighted by molar-refractivity contribution is 6.42. The van der Waals surface area contributed by atoms with Crippen molar-refractivity contribution >= 4 is 69.2 Å². The number of ether oxygens (including phenoxy) is 1. The number of H-pyrrole nitrogens is 1. The first-order valence-corrected chi connectivity index (χ1v) is 9.80. The molecule has 4 aromatic rings. The van der Waals surface area contributed by atoms with E-state index in [9.17, 15) is 4.79 Å². The number of anilines is 1. The van der Waals surface area contributed by atoms with Crippen LogP contribution in [0.15, 0.2) is 54.6 Å². The molecule has 0 bridgehead atoms. The molecule has 5 nitrogen and oxygen atoms in total. The molecule has 0 fully saturated rings. The second-order valence-corrected chi connectivity index (χ2v) is 7.63. The fraction of sp³-hybridized carbons (Fsp3) is 0. The van der Waals surface area contributed by atoms with E-state index in [1.54, 1.807) is 48.5 Å². The van der Waals surface area contributed by atoms with Crippen LogP contribution in [0.5, 0.6) is 5.75 Å². The number of hydrogen-bond acceptors (Lipinski definition) is 3. The largest absolute Gasteiger partial charge is 0.417 e. The summed E-state index contributed by atoms with van der Waals surface area (Å²) in [6.45, 7) is 0. The summed E-state index contributed by atoms with van der Waals surface area (Å²) in [5.74, 6) is 0.850. The molecule has 0 radical (unpaired) electrons. The zero-order chi connectivity index (χ0) is 20.5. The summed E-state index contributed by atoms with van der Waals surface area (Å²) in [7, 11) is 0. The molecule has 3 aromatic carbocycles. The number of carbonyl (C=O) groups is 1. The summed E-state index contributed by atoms with van der Waals surface area (Å²) in [5, 5.41) is 4.27. The molecule has 0 unspecified atom stereocenters. The Morgan fingerprint density at radius 1 is 0.897 bits per heavy atom. The Morgan fingerprint density at radius 3 is 2.38 bits per heavy atom. The van der Waals surface area contributed by atoms with E-state index in [0.717, 1.165) is 0 Å². The lowest BCUT2D eigenvalue weighted by Crippen LogP contribution is -2.16. The van der Waals surface area contributed by atoms with Gasteiger partial charge in [-0.2, -0.15) is 0 Å². The van der Waals surface area contributed by atoms with Gasteiger partial charge in [-0.1, -0.05) is 52.5 Å². The van der Waals surface area contributed by atoms with Gasteiger partial charge < -0.3 is 9.72 Å². The van der Waals surface area contributed by atoms with Crippen LogP contribution in [0, 0.1) is 0 Å². The monoisotopic (exact) mass is 465 g/mol. The van der Waals surface area contributed by atoms with Crippen molar-refractivity contribution in [3.05, 3.63) is 74.7 Å².